The van der Waals surface area contributed by atoms with E-state index in [0.29, 0.717) is 17.2 Å². The van der Waals surface area contributed by atoms with Gasteiger partial charge in [-0.3, -0.25) is 19.3 Å². The average molecular weight is 361 g/mol. The van der Waals surface area contributed by atoms with Crippen molar-refractivity contribution in [1.82, 2.24) is 4.90 Å². The zero-order valence-corrected chi connectivity index (χ0v) is 15.8. The van der Waals surface area contributed by atoms with Crippen LogP contribution in [-0.2, 0) is 14.3 Å². The fourth-order valence-corrected chi connectivity index (χ4v) is 3.08. The van der Waals surface area contributed by atoms with Crippen LogP contribution in [0, 0.1) is 0 Å². The van der Waals surface area contributed by atoms with E-state index in [-0.39, 0.29) is 12.6 Å². The Labute approximate surface area is 152 Å². The monoisotopic (exact) mass is 361 g/mol. The van der Waals surface area contributed by atoms with Gasteiger partial charge in [0.1, 0.15) is 6.54 Å². The molecule has 0 bridgehead atoms. The summed E-state index contributed by atoms with van der Waals surface area (Å²) in [5.74, 6) is -0.596. The van der Waals surface area contributed by atoms with Crippen molar-refractivity contribution in [2.24, 2.45) is 0 Å². The van der Waals surface area contributed by atoms with Gasteiger partial charge in [0.05, 0.1) is 11.0 Å². The molecule has 2 amide bonds. The Bertz CT molecular complexity index is 694. The van der Waals surface area contributed by atoms with Crippen molar-refractivity contribution in [3.8, 4) is 0 Å². The fourth-order valence-electron chi connectivity index (χ4n) is 2.24. The molecule has 5 nitrogen and oxygen atoms in total. The molecule has 6 heteroatoms. The minimum absolute atomic E-state index is 0.234. The van der Waals surface area contributed by atoms with E-state index in [1.165, 1.54) is 5.56 Å². The highest BCUT2D eigenvalue weighted by Crippen LogP contribution is 2.32. The SMILES string of the molecule is CC[C@@H](C)OC(=O)CN1C(=O)S/C(=C/c2ccc(C(C)C)cc2)C1=O. The van der Waals surface area contributed by atoms with Crippen molar-refractivity contribution >= 4 is 35.0 Å². The van der Waals surface area contributed by atoms with Gasteiger partial charge in [-0.25, -0.2) is 0 Å². The van der Waals surface area contributed by atoms with Gasteiger partial charge in [0.15, 0.2) is 0 Å². The summed E-state index contributed by atoms with van der Waals surface area (Å²) < 4.78 is 5.13. The van der Waals surface area contributed by atoms with E-state index < -0.39 is 17.1 Å². The van der Waals surface area contributed by atoms with E-state index in [2.05, 4.69) is 13.8 Å². The average Bonchev–Trinajstić information content (AvgIpc) is 2.82. The van der Waals surface area contributed by atoms with Gasteiger partial charge in [0.2, 0.25) is 0 Å². The van der Waals surface area contributed by atoms with E-state index in [0.717, 1.165) is 22.2 Å². The molecule has 0 saturated carbocycles. The van der Waals surface area contributed by atoms with Crippen LogP contribution in [0.2, 0.25) is 0 Å². The lowest BCUT2D eigenvalue weighted by Crippen LogP contribution is -2.35. The fraction of sp³-hybridized carbons (Fsp3) is 0.421. The summed E-state index contributed by atoms with van der Waals surface area (Å²) in [6, 6.07) is 7.84. The third-order valence-corrected chi connectivity index (χ3v) is 4.88. The van der Waals surface area contributed by atoms with E-state index >= 15 is 0 Å². The second-order valence-corrected chi connectivity index (χ2v) is 7.29. The maximum atomic E-state index is 12.4. The molecule has 0 aliphatic carbocycles. The van der Waals surface area contributed by atoms with Crippen LogP contribution in [0.1, 0.15) is 51.2 Å². The lowest BCUT2D eigenvalue weighted by Gasteiger charge is -2.14. The molecule has 0 spiro atoms. The number of carbonyl (C=O) groups excluding carboxylic acids is 3. The molecule has 1 heterocycles. The number of carbonyl (C=O) groups is 3. The number of amides is 2. The third kappa shape index (κ3) is 4.95. The molecule has 25 heavy (non-hydrogen) atoms. The van der Waals surface area contributed by atoms with E-state index in [1.807, 2.05) is 31.2 Å². The van der Waals surface area contributed by atoms with Crippen LogP contribution in [0.5, 0.6) is 0 Å². The molecule has 1 atom stereocenters. The molecule has 2 rings (SSSR count). The topological polar surface area (TPSA) is 63.7 Å². The minimum atomic E-state index is -0.570. The first-order valence-corrected chi connectivity index (χ1v) is 9.18. The number of esters is 1. The highest BCUT2D eigenvalue weighted by Gasteiger charge is 2.36. The van der Waals surface area contributed by atoms with Crippen molar-refractivity contribution in [1.29, 1.82) is 0 Å². The third-order valence-electron chi connectivity index (χ3n) is 3.97. The van der Waals surface area contributed by atoms with Crippen molar-refractivity contribution in [3.63, 3.8) is 0 Å². The Morgan fingerprint density at radius 2 is 1.84 bits per heavy atom. The summed E-state index contributed by atoms with van der Waals surface area (Å²) in [5, 5.41) is -0.448. The second-order valence-electron chi connectivity index (χ2n) is 6.30. The van der Waals surface area contributed by atoms with Crippen LogP contribution in [0.3, 0.4) is 0 Å². The van der Waals surface area contributed by atoms with Gasteiger partial charge in [-0.2, -0.15) is 0 Å². The molecule has 1 aliphatic heterocycles. The maximum absolute atomic E-state index is 12.4. The number of hydrogen-bond acceptors (Lipinski definition) is 5. The number of thioether (sulfide) groups is 1. The molecule has 0 N–H and O–H groups in total. The van der Waals surface area contributed by atoms with E-state index in [4.69, 9.17) is 4.74 Å². The van der Waals surface area contributed by atoms with Crippen molar-refractivity contribution in [2.45, 2.75) is 46.1 Å². The Morgan fingerprint density at radius 1 is 1.20 bits per heavy atom. The van der Waals surface area contributed by atoms with Gasteiger partial charge in [0.25, 0.3) is 11.1 Å². The largest absolute Gasteiger partial charge is 0.461 e. The first-order valence-electron chi connectivity index (χ1n) is 8.36. The number of nitrogens with zero attached hydrogens (tertiary/aromatic N) is 1. The van der Waals surface area contributed by atoms with Gasteiger partial charge < -0.3 is 4.74 Å². The predicted molar refractivity (Wildman–Crippen MR) is 99.1 cm³/mol. The molecule has 1 aromatic rings. The highest BCUT2D eigenvalue weighted by atomic mass is 32.2. The molecule has 0 unspecified atom stereocenters. The van der Waals surface area contributed by atoms with Crippen LogP contribution in [0.25, 0.3) is 6.08 Å². The first-order chi connectivity index (χ1) is 11.8. The minimum Gasteiger partial charge on any atom is -0.461 e. The maximum Gasteiger partial charge on any atom is 0.326 e. The smallest absolute Gasteiger partial charge is 0.326 e. The van der Waals surface area contributed by atoms with Gasteiger partial charge in [-0.05, 0) is 48.2 Å². The van der Waals surface area contributed by atoms with Crippen LogP contribution in [-0.4, -0.2) is 34.7 Å². The molecule has 1 aliphatic rings. The quantitative estimate of drug-likeness (QED) is 0.561. The molecule has 134 valence electrons. The standard InChI is InChI=1S/C19H23NO4S/c1-5-13(4)24-17(21)11-20-18(22)16(25-19(20)23)10-14-6-8-15(9-7-14)12(2)3/h6-10,12-13H,5,11H2,1-4H3/b16-10+/t13-/m1/s1. The molecule has 1 fully saturated rings. The predicted octanol–water partition coefficient (Wildman–Crippen LogP) is 4.19. The summed E-state index contributed by atoms with van der Waals surface area (Å²) >= 11 is 0.845. The Morgan fingerprint density at radius 3 is 2.40 bits per heavy atom. The Kier molecular flexibility index (Phi) is 6.42. The van der Waals surface area contributed by atoms with Crippen LogP contribution >= 0.6 is 11.8 Å². The number of hydrogen-bond donors (Lipinski definition) is 0. The Hall–Kier alpha value is -2.08. The number of imide groups is 1. The van der Waals surface area contributed by atoms with Crippen molar-refractivity contribution in [3.05, 3.63) is 40.3 Å². The Balaban J connectivity index is 2.08. The summed E-state index contributed by atoms with van der Waals surface area (Å²) in [6.45, 7) is 7.54. The zero-order valence-electron chi connectivity index (χ0n) is 14.9. The van der Waals surface area contributed by atoms with Gasteiger partial charge in [-0.15, -0.1) is 0 Å². The number of ether oxygens (including phenoxy) is 1. The lowest BCUT2D eigenvalue weighted by atomic mass is 10.0. The summed E-state index contributed by atoms with van der Waals surface area (Å²) in [5.41, 5.74) is 2.05. The van der Waals surface area contributed by atoms with Crippen LogP contribution in [0.15, 0.2) is 29.2 Å². The summed E-state index contributed by atoms with van der Waals surface area (Å²) in [7, 11) is 0. The number of rotatable bonds is 6. The first kappa shape index (κ1) is 19.2. The van der Waals surface area contributed by atoms with Crippen molar-refractivity contribution < 1.29 is 19.1 Å². The molecule has 1 aromatic carbocycles. The second kappa shape index (κ2) is 8.34. The van der Waals surface area contributed by atoms with Crippen molar-refractivity contribution in [2.75, 3.05) is 6.54 Å². The van der Waals surface area contributed by atoms with E-state index in [9.17, 15) is 14.4 Å². The molecule has 0 aromatic heterocycles. The van der Waals surface area contributed by atoms with Crippen LogP contribution in [0.4, 0.5) is 4.79 Å². The molecular formula is C19H23NO4S. The molecular weight excluding hydrogens is 338 g/mol. The van der Waals surface area contributed by atoms with Gasteiger partial charge in [0, 0.05) is 0 Å². The van der Waals surface area contributed by atoms with Crippen LogP contribution < -0.4 is 0 Å². The number of benzene rings is 1. The molecule has 0 radical (unpaired) electrons. The van der Waals surface area contributed by atoms with Gasteiger partial charge >= 0.3 is 5.97 Å². The zero-order chi connectivity index (χ0) is 18.6. The highest BCUT2D eigenvalue weighted by molar-refractivity contribution is 8.18. The lowest BCUT2D eigenvalue weighted by molar-refractivity contribution is -0.150. The normalized spacial score (nSPS) is 17.5. The van der Waals surface area contributed by atoms with E-state index in [1.54, 1.807) is 13.0 Å². The molecule has 1 saturated heterocycles. The van der Waals surface area contributed by atoms with Gasteiger partial charge in [-0.1, -0.05) is 45.0 Å². The summed E-state index contributed by atoms with van der Waals surface area (Å²) in [4.78, 5) is 37.5. The summed E-state index contributed by atoms with van der Waals surface area (Å²) in [6.07, 6.45) is 2.12.